The molecule has 0 radical (unpaired) electrons. The predicted octanol–water partition coefficient (Wildman–Crippen LogP) is 3.54. The van der Waals surface area contributed by atoms with Crippen LogP contribution in [0.5, 0.6) is 0 Å². The summed E-state index contributed by atoms with van der Waals surface area (Å²) in [5.41, 5.74) is 1.85. The smallest absolute Gasteiger partial charge is 0.253 e. The molecule has 0 saturated carbocycles. The van der Waals surface area contributed by atoms with Crippen molar-refractivity contribution in [2.45, 2.75) is 13.8 Å². The Balaban J connectivity index is 0.00000312. The van der Waals surface area contributed by atoms with Crippen molar-refractivity contribution in [2.75, 3.05) is 23.7 Å². The standard InChI is InChI=1S/C19H23N3O2.ClH/c1-14(2)12-21-19(24)16-10-6-7-11-17(16)22-18(23)13-20-15-8-4-3-5-9-15;/h3-11,14,20H,12-13H2,1-2H3,(H,21,24)(H,22,23);1H. The lowest BCUT2D eigenvalue weighted by Gasteiger charge is -2.13. The molecular formula is C19H24ClN3O2. The van der Waals surface area contributed by atoms with Gasteiger partial charge in [0.15, 0.2) is 0 Å². The Morgan fingerprint density at radius 3 is 2.28 bits per heavy atom. The van der Waals surface area contributed by atoms with E-state index in [2.05, 4.69) is 16.0 Å². The van der Waals surface area contributed by atoms with E-state index < -0.39 is 0 Å². The first kappa shape index (κ1) is 20.5. The number of benzene rings is 2. The molecule has 2 aromatic rings. The van der Waals surface area contributed by atoms with Crippen LogP contribution in [-0.2, 0) is 4.79 Å². The van der Waals surface area contributed by atoms with Gasteiger partial charge < -0.3 is 16.0 Å². The normalized spacial score (nSPS) is 9.88. The molecule has 0 spiro atoms. The van der Waals surface area contributed by atoms with Crippen LogP contribution in [0.25, 0.3) is 0 Å². The van der Waals surface area contributed by atoms with E-state index in [1.54, 1.807) is 24.3 Å². The minimum Gasteiger partial charge on any atom is -0.376 e. The van der Waals surface area contributed by atoms with Gasteiger partial charge in [0.25, 0.3) is 5.91 Å². The molecule has 0 fully saturated rings. The lowest BCUT2D eigenvalue weighted by molar-refractivity contribution is -0.114. The second-order valence-corrected chi connectivity index (χ2v) is 5.92. The summed E-state index contributed by atoms with van der Waals surface area (Å²) in [6.45, 7) is 4.79. The van der Waals surface area contributed by atoms with Crippen LogP contribution < -0.4 is 16.0 Å². The number of carbonyl (C=O) groups excluding carboxylic acids is 2. The van der Waals surface area contributed by atoms with Gasteiger partial charge in [-0.3, -0.25) is 9.59 Å². The van der Waals surface area contributed by atoms with Gasteiger partial charge in [-0.15, -0.1) is 12.4 Å². The van der Waals surface area contributed by atoms with Crippen LogP contribution >= 0.6 is 12.4 Å². The number of amides is 2. The largest absolute Gasteiger partial charge is 0.376 e. The molecule has 0 aromatic heterocycles. The van der Waals surface area contributed by atoms with Crippen molar-refractivity contribution in [2.24, 2.45) is 5.92 Å². The molecule has 0 aliphatic heterocycles. The van der Waals surface area contributed by atoms with E-state index in [0.717, 1.165) is 5.69 Å². The lowest BCUT2D eigenvalue weighted by Crippen LogP contribution is -2.29. The SMILES string of the molecule is CC(C)CNC(=O)c1ccccc1NC(=O)CNc1ccccc1.Cl. The second-order valence-electron chi connectivity index (χ2n) is 5.92. The maximum atomic E-state index is 12.3. The fraction of sp³-hybridized carbons (Fsp3) is 0.263. The zero-order valence-corrected chi connectivity index (χ0v) is 15.2. The van der Waals surface area contributed by atoms with Crippen LogP contribution in [-0.4, -0.2) is 24.9 Å². The number of para-hydroxylation sites is 2. The fourth-order valence-corrected chi connectivity index (χ4v) is 2.11. The molecule has 0 atom stereocenters. The highest BCUT2D eigenvalue weighted by Crippen LogP contribution is 2.15. The van der Waals surface area contributed by atoms with Gasteiger partial charge in [-0.1, -0.05) is 44.2 Å². The molecule has 3 N–H and O–H groups in total. The van der Waals surface area contributed by atoms with Crippen molar-refractivity contribution < 1.29 is 9.59 Å². The Bertz CT molecular complexity index is 690. The zero-order valence-electron chi connectivity index (χ0n) is 14.4. The van der Waals surface area contributed by atoms with E-state index in [0.29, 0.717) is 23.7 Å². The van der Waals surface area contributed by atoms with Crippen molar-refractivity contribution in [3.05, 3.63) is 60.2 Å². The third-order valence-electron chi connectivity index (χ3n) is 3.34. The van der Waals surface area contributed by atoms with Crippen LogP contribution in [0.1, 0.15) is 24.2 Å². The summed E-state index contributed by atoms with van der Waals surface area (Å²) in [5, 5.41) is 8.69. The molecule has 0 aliphatic rings. The van der Waals surface area contributed by atoms with Crippen molar-refractivity contribution in [1.29, 1.82) is 0 Å². The van der Waals surface area contributed by atoms with Crippen LogP contribution in [0.4, 0.5) is 11.4 Å². The molecule has 2 aromatic carbocycles. The Kier molecular flexibility index (Phi) is 8.50. The van der Waals surface area contributed by atoms with Crippen LogP contribution in [0.2, 0.25) is 0 Å². The van der Waals surface area contributed by atoms with E-state index in [1.165, 1.54) is 0 Å². The number of halogens is 1. The van der Waals surface area contributed by atoms with Crippen LogP contribution in [0, 0.1) is 5.92 Å². The summed E-state index contributed by atoms with van der Waals surface area (Å²) in [5.74, 6) is -0.0237. The summed E-state index contributed by atoms with van der Waals surface area (Å²) in [7, 11) is 0. The molecule has 134 valence electrons. The van der Waals surface area contributed by atoms with Gasteiger partial charge >= 0.3 is 0 Å². The summed E-state index contributed by atoms with van der Waals surface area (Å²) in [4.78, 5) is 24.4. The molecule has 2 rings (SSSR count). The maximum Gasteiger partial charge on any atom is 0.253 e. The maximum absolute atomic E-state index is 12.3. The van der Waals surface area contributed by atoms with Gasteiger partial charge in [-0.25, -0.2) is 0 Å². The molecule has 6 heteroatoms. The van der Waals surface area contributed by atoms with Crippen molar-refractivity contribution in [3.63, 3.8) is 0 Å². The van der Waals surface area contributed by atoms with Crippen molar-refractivity contribution >= 4 is 35.6 Å². The Morgan fingerprint density at radius 1 is 0.960 bits per heavy atom. The highest BCUT2D eigenvalue weighted by molar-refractivity contribution is 6.04. The number of hydrogen-bond donors (Lipinski definition) is 3. The molecule has 0 unspecified atom stereocenters. The number of nitrogens with one attached hydrogen (secondary N) is 3. The number of carbonyl (C=O) groups is 2. The Hall–Kier alpha value is -2.53. The molecule has 0 bridgehead atoms. The molecule has 0 heterocycles. The van der Waals surface area contributed by atoms with Gasteiger partial charge in [0.05, 0.1) is 17.8 Å². The first-order valence-electron chi connectivity index (χ1n) is 8.02. The topological polar surface area (TPSA) is 70.2 Å². The van der Waals surface area contributed by atoms with Gasteiger partial charge in [0.1, 0.15) is 0 Å². The van der Waals surface area contributed by atoms with E-state index in [4.69, 9.17) is 0 Å². The molecule has 0 aliphatic carbocycles. The summed E-state index contributed by atoms with van der Waals surface area (Å²) in [6.07, 6.45) is 0. The third kappa shape index (κ3) is 6.85. The molecule has 0 saturated heterocycles. The fourth-order valence-electron chi connectivity index (χ4n) is 2.11. The quantitative estimate of drug-likeness (QED) is 0.706. The Labute approximate surface area is 154 Å². The average molecular weight is 362 g/mol. The summed E-state index contributed by atoms with van der Waals surface area (Å²) < 4.78 is 0. The van der Waals surface area contributed by atoms with Crippen molar-refractivity contribution in [3.8, 4) is 0 Å². The molecule has 2 amide bonds. The van der Waals surface area contributed by atoms with Crippen molar-refractivity contribution in [1.82, 2.24) is 5.32 Å². The molecule has 25 heavy (non-hydrogen) atoms. The first-order chi connectivity index (χ1) is 11.6. The van der Waals surface area contributed by atoms with Gasteiger partial charge in [0, 0.05) is 12.2 Å². The monoisotopic (exact) mass is 361 g/mol. The number of hydrogen-bond acceptors (Lipinski definition) is 3. The van der Waals surface area contributed by atoms with E-state index in [1.807, 2.05) is 44.2 Å². The predicted molar refractivity (Wildman–Crippen MR) is 104 cm³/mol. The highest BCUT2D eigenvalue weighted by Gasteiger charge is 2.13. The number of rotatable bonds is 7. The second kappa shape index (κ2) is 10.4. The third-order valence-corrected chi connectivity index (χ3v) is 3.34. The van der Waals surface area contributed by atoms with Gasteiger partial charge in [0.2, 0.25) is 5.91 Å². The summed E-state index contributed by atoms with van der Waals surface area (Å²) >= 11 is 0. The molecule has 5 nitrogen and oxygen atoms in total. The average Bonchev–Trinajstić information content (AvgIpc) is 2.59. The Morgan fingerprint density at radius 2 is 1.60 bits per heavy atom. The van der Waals surface area contributed by atoms with E-state index in [9.17, 15) is 9.59 Å². The minimum absolute atomic E-state index is 0. The minimum atomic E-state index is -0.206. The van der Waals surface area contributed by atoms with Gasteiger partial charge in [-0.2, -0.15) is 0 Å². The van der Waals surface area contributed by atoms with Crippen LogP contribution in [0.3, 0.4) is 0 Å². The molecular weight excluding hydrogens is 338 g/mol. The van der Waals surface area contributed by atoms with E-state index >= 15 is 0 Å². The summed E-state index contributed by atoms with van der Waals surface area (Å²) in [6, 6.07) is 16.5. The zero-order chi connectivity index (χ0) is 17.4. The van der Waals surface area contributed by atoms with E-state index in [-0.39, 0.29) is 30.8 Å². The highest BCUT2D eigenvalue weighted by atomic mass is 35.5. The first-order valence-corrected chi connectivity index (χ1v) is 8.02. The lowest BCUT2D eigenvalue weighted by atomic mass is 10.1. The van der Waals surface area contributed by atoms with Crippen LogP contribution in [0.15, 0.2) is 54.6 Å². The number of anilines is 2. The van der Waals surface area contributed by atoms with Gasteiger partial charge in [-0.05, 0) is 30.2 Å².